The van der Waals surface area contributed by atoms with E-state index in [1.807, 2.05) is 11.3 Å². The van der Waals surface area contributed by atoms with Gasteiger partial charge in [0.25, 0.3) is 5.01 Å². The third kappa shape index (κ3) is 10.2. The summed E-state index contributed by atoms with van der Waals surface area (Å²) in [6, 6.07) is 32.9. The number of para-hydroxylation sites is 2. The van der Waals surface area contributed by atoms with E-state index in [9.17, 15) is 9.59 Å². The number of benzene rings is 4. The molecule has 7 rings (SSSR count). The highest BCUT2D eigenvalue weighted by atomic mass is 32.1. The molecule has 10 heteroatoms. The number of nitrogens with one attached hydrogen (secondary N) is 3. The van der Waals surface area contributed by atoms with E-state index in [2.05, 4.69) is 174 Å². The molecule has 0 saturated heterocycles. The minimum Gasteiger partial charge on any atom is -0.377 e. The van der Waals surface area contributed by atoms with Crippen molar-refractivity contribution in [1.82, 2.24) is 10.6 Å². The summed E-state index contributed by atoms with van der Waals surface area (Å²) in [6.45, 7) is 2.77. The zero-order valence-electron chi connectivity index (χ0n) is 35.4. The Morgan fingerprint density at radius 1 is 0.695 bits per heavy atom. The molecule has 3 heterocycles. The van der Waals surface area contributed by atoms with Gasteiger partial charge in [0.05, 0.1) is 12.7 Å². The first-order chi connectivity index (χ1) is 28.7. The van der Waals surface area contributed by atoms with E-state index in [0.717, 1.165) is 51.6 Å². The molecular formula is C49H60N7O2S+3. The van der Waals surface area contributed by atoms with E-state index in [4.69, 9.17) is 0 Å². The second-order valence-electron chi connectivity index (χ2n) is 16.1. The lowest BCUT2D eigenvalue weighted by atomic mass is 9.99. The summed E-state index contributed by atoms with van der Waals surface area (Å²) >= 11 is 1.82. The average Bonchev–Trinajstić information content (AvgIpc) is 3.56. The molecule has 306 valence electrons. The molecule has 1 aliphatic heterocycles. The molecule has 59 heavy (non-hydrogen) atoms. The van der Waals surface area contributed by atoms with Crippen molar-refractivity contribution in [3.63, 3.8) is 0 Å². The van der Waals surface area contributed by atoms with Crippen LogP contribution in [0.15, 0.2) is 103 Å². The molecule has 0 aliphatic carbocycles. The highest BCUT2D eigenvalue weighted by molar-refractivity contribution is 7.18. The largest absolute Gasteiger partial charge is 0.377 e. The topological polar surface area (TPSA) is 76.9 Å². The number of aryl methyl sites for hydroxylation is 2. The van der Waals surface area contributed by atoms with Crippen LogP contribution in [0.1, 0.15) is 61.9 Å². The van der Waals surface area contributed by atoms with E-state index in [1.165, 1.54) is 70.1 Å². The molecule has 1 aliphatic rings. The maximum Gasteiger partial charge on any atom is 0.263 e. The van der Waals surface area contributed by atoms with Crippen LogP contribution in [0.3, 0.4) is 0 Å². The predicted octanol–water partition coefficient (Wildman–Crippen LogP) is 7.09. The molecule has 1 unspecified atom stereocenters. The second-order valence-corrected chi connectivity index (χ2v) is 17.2. The van der Waals surface area contributed by atoms with E-state index in [-0.39, 0.29) is 11.8 Å². The first-order valence-corrected chi connectivity index (χ1v) is 22.0. The fraction of sp³-hybridized carbons (Fsp3) is 0.347. The van der Waals surface area contributed by atoms with Crippen LogP contribution < -0.4 is 34.5 Å². The number of carbonyl (C=O) groups excluding carboxylic acids is 2. The van der Waals surface area contributed by atoms with Crippen molar-refractivity contribution >= 4 is 83.9 Å². The summed E-state index contributed by atoms with van der Waals surface area (Å²) in [6.07, 6.45) is 13.5. The maximum atomic E-state index is 12.6. The molecule has 3 N–H and O–H groups in total. The van der Waals surface area contributed by atoms with Crippen LogP contribution in [0.4, 0.5) is 17.1 Å². The zero-order valence-corrected chi connectivity index (χ0v) is 36.2. The molecule has 0 bridgehead atoms. The Balaban J connectivity index is 0.792. The number of pyridine rings is 1. The standard InChI is InChI=1S/C49H57N7O2S/c1-52(2)39-24-22-37-32-38-23-25-40(53(3)4)35-45(38)56(44(37)34-39)30-15-7-9-21-48(58)51-28-27-50-47(57)20-8-6-14-29-55-31-26-36(41-16-10-11-17-42(41)55)33-49-54(5)43-18-12-13-19-46(43)59-49/h10-13,16-19,22-26,31-35H,6-9,14-15,20-21,27-30H2,1-5H3/p+3. The minimum absolute atomic E-state index is 0.0429. The van der Waals surface area contributed by atoms with Crippen LogP contribution in [0.5, 0.6) is 0 Å². The van der Waals surface area contributed by atoms with Crippen molar-refractivity contribution in [3.05, 3.63) is 114 Å². The predicted molar refractivity (Wildman–Crippen MR) is 245 cm³/mol. The summed E-state index contributed by atoms with van der Waals surface area (Å²) in [4.78, 5) is 30.8. The van der Waals surface area contributed by atoms with Crippen LogP contribution in [-0.2, 0) is 23.2 Å². The lowest BCUT2D eigenvalue weighted by Gasteiger charge is -2.21. The number of fused-ring (bicyclic) bond motifs is 4. The molecule has 1 atom stereocenters. The van der Waals surface area contributed by atoms with Gasteiger partial charge in [0.1, 0.15) is 24.0 Å². The van der Waals surface area contributed by atoms with Crippen molar-refractivity contribution in [2.75, 3.05) is 57.6 Å². The van der Waals surface area contributed by atoms with Crippen molar-refractivity contribution in [2.45, 2.75) is 57.9 Å². The van der Waals surface area contributed by atoms with Gasteiger partial charge in [-0.3, -0.25) is 14.5 Å². The fourth-order valence-electron chi connectivity index (χ4n) is 8.07. The summed E-state index contributed by atoms with van der Waals surface area (Å²) < 4.78 is 6.01. The van der Waals surface area contributed by atoms with Gasteiger partial charge >= 0.3 is 0 Å². The van der Waals surface area contributed by atoms with E-state index in [0.29, 0.717) is 25.9 Å². The Kier molecular flexibility index (Phi) is 13.7. The lowest BCUT2D eigenvalue weighted by Crippen LogP contribution is -3.03. The molecule has 2 amide bonds. The molecule has 0 spiro atoms. The smallest absolute Gasteiger partial charge is 0.263 e. The number of hydrogen-bond donors (Lipinski definition) is 3. The van der Waals surface area contributed by atoms with E-state index < -0.39 is 0 Å². The SMILES string of the molecule is CN(C)c1ccc2cc3ccc(N(C)C)cc3[n+](CCCCCC(=O)NCCNC(=O)CCCCC[NH+]3C=C/C(=C\c4sc5ccccc5[n+]4C)c4ccccc43)c2c1. The number of allylic oxidation sites excluding steroid dienone is 2. The Bertz CT molecular complexity index is 2440. The number of quaternary nitrogens is 1. The van der Waals surface area contributed by atoms with Gasteiger partial charge in [0, 0.05) is 130 Å². The van der Waals surface area contributed by atoms with Crippen LogP contribution in [-0.4, -0.2) is 59.6 Å². The number of amides is 2. The molecule has 2 aromatic heterocycles. The van der Waals surface area contributed by atoms with Crippen LogP contribution in [0.2, 0.25) is 0 Å². The van der Waals surface area contributed by atoms with Crippen LogP contribution in [0, 0.1) is 0 Å². The molecule has 6 aromatic rings. The number of anilines is 2. The molecule has 0 fully saturated rings. The van der Waals surface area contributed by atoms with E-state index >= 15 is 0 Å². The Morgan fingerprint density at radius 3 is 1.95 bits per heavy atom. The quantitative estimate of drug-likeness (QED) is 0.0493. The molecule has 9 nitrogen and oxygen atoms in total. The molecule has 4 aromatic carbocycles. The van der Waals surface area contributed by atoms with Crippen molar-refractivity contribution in [1.29, 1.82) is 0 Å². The van der Waals surface area contributed by atoms with Crippen LogP contribution in [0.25, 0.3) is 43.7 Å². The number of unbranched alkanes of at least 4 members (excludes halogenated alkanes) is 4. The summed E-state index contributed by atoms with van der Waals surface area (Å²) in [7, 11) is 10.4. The summed E-state index contributed by atoms with van der Waals surface area (Å²) in [5.41, 5.74) is 9.87. The first kappa shape index (κ1) is 41.6. The van der Waals surface area contributed by atoms with Gasteiger partial charge in [-0.15, -0.1) is 0 Å². The summed E-state index contributed by atoms with van der Waals surface area (Å²) in [5, 5.41) is 9.67. The minimum atomic E-state index is 0.0429. The number of aromatic nitrogens is 2. The third-order valence-corrected chi connectivity index (χ3v) is 12.6. The Morgan fingerprint density at radius 2 is 1.31 bits per heavy atom. The highest BCUT2D eigenvalue weighted by Crippen LogP contribution is 2.30. The van der Waals surface area contributed by atoms with Gasteiger partial charge < -0.3 is 20.4 Å². The third-order valence-electron chi connectivity index (χ3n) is 11.5. The second kappa shape index (κ2) is 19.4. The Labute approximate surface area is 353 Å². The molecular weight excluding hydrogens is 751 g/mol. The monoisotopic (exact) mass is 810 g/mol. The first-order valence-electron chi connectivity index (χ1n) is 21.2. The normalized spacial score (nSPS) is 14.3. The number of hydrogen-bond acceptors (Lipinski definition) is 5. The van der Waals surface area contributed by atoms with Gasteiger partial charge in [0.2, 0.25) is 28.4 Å². The van der Waals surface area contributed by atoms with Gasteiger partial charge in [-0.1, -0.05) is 35.6 Å². The van der Waals surface area contributed by atoms with Crippen molar-refractivity contribution in [2.24, 2.45) is 7.05 Å². The van der Waals surface area contributed by atoms with Crippen molar-refractivity contribution in [3.8, 4) is 0 Å². The van der Waals surface area contributed by atoms with Crippen LogP contribution >= 0.6 is 11.3 Å². The van der Waals surface area contributed by atoms with Gasteiger partial charge in [-0.05, 0) is 74.6 Å². The van der Waals surface area contributed by atoms with Gasteiger partial charge in [0.15, 0.2) is 0 Å². The highest BCUT2D eigenvalue weighted by Gasteiger charge is 2.23. The number of nitrogens with zero attached hydrogens (tertiary/aromatic N) is 4. The van der Waals surface area contributed by atoms with Crippen molar-refractivity contribution < 1.29 is 23.6 Å². The van der Waals surface area contributed by atoms with Gasteiger partial charge in [-0.25, -0.2) is 0 Å². The van der Waals surface area contributed by atoms with Gasteiger partial charge in [-0.2, -0.15) is 9.13 Å². The van der Waals surface area contributed by atoms with E-state index in [1.54, 1.807) is 0 Å². The maximum absolute atomic E-state index is 12.6. The number of carbonyl (C=O) groups is 2. The lowest BCUT2D eigenvalue weighted by molar-refractivity contribution is -0.776. The molecule has 0 saturated carbocycles. The number of rotatable bonds is 18. The fourth-order valence-corrected chi connectivity index (χ4v) is 9.17. The Hall–Kier alpha value is -5.58. The number of thiazole rings is 1. The molecule has 0 radical (unpaired) electrons. The average molecular weight is 811 g/mol. The zero-order chi connectivity index (χ0) is 41.3. The summed E-state index contributed by atoms with van der Waals surface area (Å²) in [5.74, 6) is 0.0918.